The maximum atomic E-state index is 14.4. The van der Waals surface area contributed by atoms with E-state index in [0.717, 1.165) is 37.3 Å². The number of nitrogens with zero attached hydrogens (tertiary/aromatic N) is 4. The number of hydrogen-bond acceptors (Lipinski definition) is 3. The van der Waals surface area contributed by atoms with E-state index in [1.165, 1.54) is 22.6 Å². The minimum Gasteiger partial charge on any atom is -0.326 e. The highest BCUT2D eigenvalue weighted by atomic mass is 19.1. The molecule has 9 heteroatoms. The Labute approximate surface area is 173 Å². The molecule has 2 N–H and O–H groups in total. The van der Waals surface area contributed by atoms with E-state index in [4.69, 9.17) is 4.98 Å². The Morgan fingerprint density at radius 1 is 1.03 bits per heavy atom. The molecule has 0 radical (unpaired) electrons. The summed E-state index contributed by atoms with van der Waals surface area (Å²) in [6.07, 6.45) is 0. The molecule has 2 aromatic heterocycles. The van der Waals surface area contributed by atoms with Gasteiger partial charge in [-0.1, -0.05) is 18.2 Å². The molecule has 3 aromatic rings. The molecule has 0 bridgehead atoms. The minimum absolute atomic E-state index is 0.200. The van der Waals surface area contributed by atoms with Crippen molar-refractivity contribution >= 4 is 11.2 Å². The van der Waals surface area contributed by atoms with E-state index in [9.17, 15) is 14.0 Å². The van der Waals surface area contributed by atoms with E-state index >= 15 is 0 Å². The highest BCUT2D eigenvalue weighted by Crippen LogP contribution is 2.15. The van der Waals surface area contributed by atoms with Gasteiger partial charge in [0.1, 0.15) is 38.5 Å². The molecular weight excluding hydrogens is 387 g/mol. The van der Waals surface area contributed by atoms with Crippen LogP contribution in [0.5, 0.6) is 0 Å². The average molecular weight is 417 g/mol. The number of piperazine rings is 1. The van der Waals surface area contributed by atoms with Crippen LogP contribution in [0, 0.1) is 5.82 Å². The van der Waals surface area contributed by atoms with Crippen LogP contribution >= 0.6 is 0 Å². The first-order valence-corrected chi connectivity index (χ1v) is 10.5. The molecule has 0 aliphatic carbocycles. The number of quaternary nitrogens is 2. The van der Waals surface area contributed by atoms with E-state index in [-0.39, 0.29) is 12.4 Å². The van der Waals surface area contributed by atoms with Gasteiger partial charge in [0.05, 0.1) is 13.1 Å². The third kappa shape index (κ3) is 3.59. The second kappa shape index (κ2) is 8.16. The summed E-state index contributed by atoms with van der Waals surface area (Å²) in [4.78, 5) is 33.1. The highest BCUT2D eigenvalue weighted by molar-refractivity contribution is 5.71. The minimum atomic E-state index is -0.415. The molecule has 4 rings (SSSR count). The molecule has 0 spiro atoms. The zero-order chi connectivity index (χ0) is 21.4. The summed E-state index contributed by atoms with van der Waals surface area (Å²) in [5, 5.41) is 0. The Morgan fingerprint density at radius 2 is 1.70 bits per heavy atom. The smallest absolute Gasteiger partial charge is 0.326 e. The normalized spacial score (nSPS) is 19.5. The van der Waals surface area contributed by atoms with Crippen LogP contribution in [-0.4, -0.2) is 51.4 Å². The van der Waals surface area contributed by atoms with Crippen molar-refractivity contribution in [3.8, 4) is 0 Å². The Bertz CT molecular complexity index is 1190. The number of aryl methyl sites for hydroxylation is 1. The van der Waals surface area contributed by atoms with Crippen molar-refractivity contribution in [1.82, 2.24) is 18.7 Å². The number of halogens is 1. The number of fused-ring (bicyclic) bond motifs is 1. The van der Waals surface area contributed by atoms with E-state index in [0.29, 0.717) is 29.1 Å². The van der Waals surface area contributed by atoms with Crippen molar-refractivity contribution in [3.05, 3.63) is 62.3 Å². The van der Waals surface area contributed by atoms with Gasteiger partial charge in [-0.15, -0.1) is 0 Å². The third-order valence-corrected chi connectivity index (χ3v) is 6.29. The zero-order valence-electron chi connectivity index (χ0n) is 17.7. The lowest BCUT2D eigenvalue weighted by Crippen LogP contribution is -3.27. The Balaban J connectivity index is 1.81. The number of rotatable bonds is 5. The van der Waals surface area contributed by atoms with E-state index in [1.54, 1.807) is 34.7 Å². The number of hydrogen-bond donors (Lipinski definition) is 2. The summed E-state index contributed by atoms with van der Waals surface area (Å²) >= 11 is 0. The van der Waals surface area contributed by atoms with Gasteiger partial charge in [-0.05, 0) is 13.0 Å². The summed E-state index contributed by atoms with van der Waals surface area (Å²) in [5.74, 6) is 0.390. The summed E-state index contributed by atoms with van der Waals surface area (Å²) < 4.78 is 18.7. The van der Waals surface area contributed by atoms with Crippen molar-refractivity contribution in [1.29, 1.82) is 0 Å². The average Bonchev–Trinajstić information content (AvgIpc) is 3.11. The van der Waals surface area contributed by atoms with Gasteiger partial charge in [-0.2, -0.15) is 0 Å². The van der Waals surface area contributed by atoms with Gasteiger partial charge < -0.3 is 14.4 Å². The quantitative estimate of drug-likeness (QED) is 0.502. The molecule has 0 amide bonds. The molecule has 1 fully saturated rings. The summed E-state index contributed by atoms with van der Waals surface area (Å²) in [6.45, 7) is 8.38. The maximum absolute atomic E-state index is 14.4. The number of imidazole rings is 1. The largest absolute Gasteiger partial charge is 0.332 e. The lowest BCUT2D eigenvalue weighted by atomic mass is 10.2. The van der Waals surface area contributed by atoms with Crippen LogP contribution in [0.3, 0.4) is 0 Å². The van der Waals surface area contributed by atoms with E-state index in [1.807, 2.05) is 0 Å². The molecular formula is C21H29FN6O2+2. The second-order valence-corrected chi connectivity index (χ2v) is 8.11. The van der Waals surface area contributed by atoms with Crippen molar-refractivity contribution in [3.63, 3.8) is 0 Å². The zero-order valence-corrected chi connectivity index (χ0v) is 17.7. The van der Waals surface area contributed by atoms with Gasteiger partial charge >= 0.3 is 5.69 Å². The molecule has 0 saturated carbocycles. The molecule has 1 aliphatic heterocycles. The molecule has 0 atom stereocenters. The van der Waals surface area contributed by atoms with E-state index in [2.05, 4.69) is 6.92 Å². The van der Waals surface area contributed by atoms with E-state index < -0.39 is 11.2 Å². The topological polar surface area (TPSA) is 70.7 Å². The third-order valence-electron chi connectivity index (χ3n) is 6.29. The van der Waals surface area contributed by atoms with Crippen molar-refractivity contribution < 1.29 is 14.2 Å². The van der Waals surface area contributed by atoms with Crippen molar-refractivity contribution in [2.24, 2.45) is 14.1 Å². The standard InChI is InChI=1S/C21H27FN6O2/c1-4-26-9-11-27(12-10-26)14-17-23-19-18(20(29)25(3)21(30)24(19)2)28(17)13-15-7-5-6-8-16(15)22/h5-8H,4,9-14H2,1-3H3/p+2. The number of aromatic nitrogens is 4. The molecule has 1 saturated heterocycles. The first-order chi connectivity index (χ1) is 14.4. The van der Waals surface area contributed by atoms with Gasteiger partial charge in [-0.3, -0.25) is 13.9 Å². The van der Waals surface area contributed by atoms with Crippen LogP contribution in [0.1, 0.15) is 18.3 Å². The number of likely N-dealkylation sites (N-methyl/N-ethyl adjacent to an activating group) is 1. The molecule has 30 heavy (non-hydrogen) atoms. The van der Waals surface area contributed by atoms with Gasteiger partial charge in [0, 0.05) is 19.7 Å². The predicted molar refractivity (Wildman–Crippen MR) is 111 cm³/mol. The highest BCUT2D eigenvalue weighted by Gasteiger charge is 2.26. The van der Waals surface area contributed by atoms with Crippen molar-refractivity contribution in [2.75, 3.05) is 32.7 Å². The number of nitrogens with one attached hydrogen (secondary N) is 2. The molecule has 0 unspecified atom stereocenters. The van der Waals surface area contributed by atoms with Gasteiger partial charge in [0.25, 0.3) is 5.56 Å². The first kappa shape index (κ1) is 20.5. The monoisotopic (exact) mass is 416 g/mol. The summed E-state index contributed by atoms with van der Waals surface area (Å²) in [5.41, 5.74) is 0.367. The molecule has 3 heterocycles. The fraction of sp³-hybridized carbons (Fsp3) is 0.476. The first-order valence-electron chi connectivity index (χ1n) is 10.5. The maximum Gasteiger partial charge on any atom is 0.332 e. The van der Waals surface area contributed by atoms with Crippen LogP contribution in [0.15, 0.2) is 33.9 Å². The van der Waals surface area contributed by atoms with Crippen LogP contribution in [0.2, 0.25) is 0 Å². The van der Waals surface area contributed by atoms with Crippen LogP contribution < -0.4 is 21.0 Å². The fourth-order valence-corrected chi connectivity index (χ4v) is 4.30. The van der Waals surface area contributed by atoms with Crippen LogP contribution in [0.25, 0.3) is 11.2 Å². The van der Waals surface area contributed by atoms with Crippen molar-refractivity contribution in [2.45, 2.75) is 20.0 Å². The molecule has 1 aliphatic rings. The Hall–Kier alpha value is -2.78. The van der Waals surface area contributed by atoms with Crippen LogP contribution in [0.4, 0.5) is 4.39 Å². The van der Waals surface area contributed by atoms with Gasteiger partial charge in [-0.25, -0.2) is 14.2 Å². The second-order valence-electron chi connectivity index (χ2n) is 8.11. The number of benzene rings is 1. The Morgan fingerprint density at radius 3 is 2.37 bits per heavy atom. The molecule has 160 valence electrons. The SMILES string of the molecule is CC[NH+]1CC[NH+](Cc2nc3c(c(=O)n(C)c(=O)n3C)n2Cc2ccccc2F)CC1. The molecule has 8 nitrogen and oxygen atoms in total. The van der Waals surface area contributed by atoms with Crippen LogP contribution in [-0.2, 0) is 27.2 Å². The fourth-order valence-electron chi connectivity index (χ4n) is 4.30. The van der Waals surface area contributed by atoms with Gasteiger partial charge in [0.2, 0.25) is 0 Å². The summed E-state index contributed by atoms with van der Waals surface area (Å²) in [6, 6.07) is 6.56. The van der Waals surface area contributed by atoms with Gasteiger partial charge in [0.15, 0.2) is 17.0 Å². The Kier molecular flexibility index (Phi) is 5.57. The lowest BCUT2D eigenvalue weighted by molar-refractivity contribution is -1.02. The predicted octanol–water partition coefficient (Wildman–Crippen LogP) is -2.08. The molecule has 1 aromatic carbocycles. The summed E-state index contributed by atoms with van der Waals surface area (Å²) in [7, 11) is 3.08. The lowest BCUT2D eigenvalue weighted by Gasteiger charge is -2.28.